The summed E-state index contributed by atoms with van der Waals surface area (Å²) in [5, 5.41) is 7.64. The number of amidine groups is 1. The van der Waals surface area contributed by atoms with Gasteiger partial charge in [0.15, 0.2) is 5.17 Å². The highest BCUT2D eigenvalue weighted by Gasteiger charge is 2.17. The van der Waals surface area contributed by atoms with Crippen molar-refractivity contribution in [2.45, 2.75) is 31.9 Å². The number of nitrogens with zero attached hydrogens (tertiary/aromatic N) is 1. The molecule has 0 aromatic carbocycles. The van der Waals surface area contributed by atoms with Gasteiger partial charge in [-0.05, 0) is 6.42 Å². The van der Waals surface area contributed by atoms with E-state index in [-0.39, 0.29) is 5.91 Å². The van der Waals surface area contributed by atoms with Crippen LogP contribution in [0.25, 0.3) is 0 Å². The van der Waals surface area contributed by atoms with E-state index in [2.05, 4.69) is 22.5 Å². The van der Waals surface area contributed by atoms with Crippen molar-refractivity contribution in [1.29, 1.82) is 0 Å². The van der Waals surface area contributed by atoms with Crippen LogP contribution in [0.2, 0.25) is 0 Å². The molecule has 1 amide bonds. The SMILES string of the molecule is CCCC1CN=C(NCCNC(C)=O)S1. The summed E-state index contributed by atoms with van der Waals surface area (Å²) >= 11 is 1.82. The van der Waals surface area contributed by atoms with Crippen molar-refractivity contribution in [3.63, 3.8) is 0 Å². The first-order valence-corrected chi connectivity index (χ1v) is 6.29. The maximum atomic E-state index is 10.6. The molecule has 2 N–H and O–H groups in total. The van der Waals surface area contributed by atoms with Gasteiger partial charge in [0.25, 0.3) is 0 Å². The number of amides is 1. The molecule has 4 nitrogen and oxygen atoms in total. The Kier molecular flexibility index (Phi) is 5.53. The largest absolute Gasteiger partial charge is 0.363 e. The number of hydrogen-bond donors (Lipinski definition) is 2. The van der Waals surface area contributed by atoms with Gasteiger partial charge in [0.2, 0.25) is 5.91 Å². The molecule has 1 aliphatic rings. The summed E-state index contributed by atoms with van der Waals surface area (Å²) in [5.74, 6) is 0.0154. The highest BCUT2D eigenvalue weighted by molar-refractivity contribution is 8.14. The molecular formula is C10H19N3OS. The smallest absolute Gasteiger partial charge is 0.216 e. The Bertz CT molecular complexity index is 243. The van der Waals surface area contributed by atoms with E-state index < -0.39 is 0 Å². The topological polar surface area (TPSA) is 53.5 Å². The summed E-state index contributed by atoms with van der Waals surface area (Å²) in [4.78, 5) is 15.0. The minimum absolute atomic E-state index is 0.0154. The Labute approximate surface area is 95.3 Å². The predicted molar refractivity (Wildman–Crippen MR) is 65.3 cm³/mol. The fourth-order valence-electron chi connectivity index (χ4n) is 1.39. The van der Waals surface area contributed by atoms with Crippen molar-refractivity contribution >= 4 is 22.8 Å². The average Bonchev–Trinajstić information content (AvgIpc) is 2.61. The average molecular weight is 229 g/mol. The lowest BCUT2D eigenvalue weighted by molar-refractivity contribution is -0.118. The molecule has 0 saturated heterocycles. The first kappa shape index (κ1) is 12.4. The summed E-state index contributed by atoms with van der Waals surface area (Å²) in [6, 6.07) is 0. The van der Waals surface area contributed by atoms with E-state index in [1.54, 1.807) is 0 Å². The van der Waals surface area contributed by atoms with Crippen LogP contribution in [-0.2, 0) is 4.79 Å². The third-order valence-electron chi connectivity index (χ3n) is 2.10. The number of thioether (sulfide) groups is 1. The monoisotopic (exact) mass is 229 g/mol. The molecule has 1 rings (SSSR count). The quantitative estimate of drug-likeness (QED) is 0.691. The molecule has 0 saturated carbocycles. The van der Waals surface area contributed by atoms with Gasteiger partial charge in [-0.2, -0.15) is 0 Å². The maximum absolute atomic E-state index is 10.6. The van der Waals surface area contributed by atoms with E-state index in [0.717, 1.165) is 18.3 Å². The van der Waals surface area contributed by atoms with Crippen LogP contribution < -0.4 is 10.6 Å². The molecule has 86 valence electrons. The van der Waals surface area contributed by atoms with Crippen LogP contribution in [0.5, 0.6) is 0 Å². The normalized spacial score (nSPS) is 19.9. The van der Waals surface area contributed by atoms with Crippen LogP contribution in [0.4, 0.5) is 0 Å². The minimum Gasteiger partial charge on any atom is -0.363 e. The van der Waals surface area contributed by atoms with E-state index >= 15 is 0 Å². The highest BCUT2D eigenvalue weighted by Crippen LogP contribution is 2.23. The molecular weight excluding hydrogens is 210 g/mol. The molecule has 0 aromatic heterocycles. The van der Waals surface area contributed by atoms with Gasteiger partial charge in [-0.3, -0.25) is 9.79 Å². The summed E-state index contributed by atoms with van der Waals surface area (Å²) in [7, 11) is 0. The Balaban J connectivity index is 2.06. The van der Waals surface area contributed by atoms with Gasteiger partial charge in [0.1, 0.15) is 0 Å². The molecule has 0 radical (unpaired) electrons. The summed E-state index contributed by atoms with van der Waals surface area (Å²) in [5.41, 5.74) is 0. The Morgan fingerprint density at radius 1 is 1.60 bits per heavy atom. The van der Waals surface area contributed by atoms with Crippen LogP contribution in [0, 0.1) is 0 Å². The fraction of sp³-hybridized carbons (Fsp3) is 0.800. The van der Waals surface area contributed by atoms with Gasteiger partial charge >= 0.3 is 0 Å². The number of nitrogens with one attached hydrogen (secondary N) is 2. The summed E-state index contributed by atoms with van der Waals surface area (Å²) < 4.78 is 0. The van der Waals surface area contributed by atoms with Gasteiger partial charge in [-0.15, -0.1) is 0 Å². The fourth-order valence-corrected chi connectivity index (χ4v) is 2.55. The maximum Gasteiger partial charge on any atom is 0.216 e. The van der Waals surface area contributed by atoms with E-state index in [1.165, 1.54) is 19.8 Å². The molecule has 0 spiro atoms. The van der Waals surface area contributed by atoms with Crippen molar-refractivity contribution < 1.29 is 4.79 Å². The van der Waals surface area contributed by atoms with Crippen LogP contribution in [0.1, 0.15) is 26.7 Å². The van der Waals surface area contributed by atoms with Crippen LogP contribution >= 0.6 is 11.8 Å². The lowest BCUT2D eigenvalue weighted by Crippen LogP contribution is -2.32. The van der Waals surface area contributed by atoms with Crippen LogP contribution in [-0.4, -0.2) is 36.0 Å². The Morgan fingerprint density at radius 3 is 3.07 bits per heavy atom. The zero-order valence-electron chi connectivity index (χ0n) is 9.38. The number of carbonyl (C=O) groups is 1. The molecule has 1 aliphatic heterocycles. The van der Waals surface area contributed by atoms with E-state index in [0.29, 0.717) is 11.8 Å². The Morgan fingerprint density at radius 2 is 2.40 bits per heavy atom. The Hall–Kier alpha value is -0.710. The van der Waals surface area contributed by atoms with Gasteiger partial charge < -0.3 is 10.6 Å². The van der Waals surface area contributed by atoms with E-state index in [9.17, 15) is 4.79 Å². The highest BCUT2D eigenvalue weighted by atomic mass is 32.2. The van der Waals surface area contributed by atoms with Crippen molar-refractivity contribution in [2.24, 2.45) is 4.99 Å². The third kappa shape index (κ3) is 5.06. The number of rotatable bonds is 5. The second-order valence-corrected chi connectivity index (χ2v) is 4.87. The van der Waals surface area contributed by atoms with Crippen molar-refractivity contribution in [3.05, 3.63) is 0 Å². The third-order valence-corrected chi connectivity index (χ3v) is 3.32. The summed E-state index contributed by atoms with van der Waals surface area (Å²) in [6.45, 7) is 6.07. The van der Waals surface area contributed by atoms with Crippen LogP contribution in [0.15, 0.2) is 4.99 Å². The van der Waals surface area contributed by atoms with Gasteiger partial charge in [-0.1, -0.05) is 25.1 Å². The molecule has 5 heteroatoms. The lowest BCUT2D eigenvalue weighted by Gasteiger charge is -2.07. The van der Waals surface area contributed by atoms with Gasteiger partial charge in [0, 0.05) is 25.3 Å². The lowest BCUT2D eigenvalue weighted by atomic mass is 10.2. The second-order valence-electron chi connectivity index (χ2n) is 3.58. The van der Waals surface area contributed by atoms with Crippen molar-refractivity contribution in [2.75, 3.05) is 19.6 Å². The molecule has 1 unspecified atom stereocenters. The number of hydrogen-bond acceptors (Lipinski definition) is 4. The molecule has 0 fully saturated rings. The molecule has 0 aliphatic carbocycles. The zero-order valence-corrected chi connectivity index (χ0v) is 10.2. The minimum atomic E-state index is 0.0154. The van der Waals surface area contributed by atoms with Gasteiger partial charge in [0.05, 0.1) is 6.54 Å². The summed E-state index contributed by atoms with van der Waals surface area (Å²) in [6.07, 6.45) is 2.44. The molecule has 1 heterocycles. The second kappa shape index (κ2) is 6.71. The van der Waals surface area contributed by atoms with E-state index in [1.807, 2.05) is 11.8 Å². The molecule has 0 aromatic rings. The number of aliphatic imine (C=N–C) groups is 1. The number of carbonyl (C=O) groups excluding carboxylic acids is 1. The van der Waals surface area contributed by atoms with E-state index in [4.69, 9.17) is 0 Å². The first-order chi connectivity index (χ1) is 7.22. The predicted octanol–water partition coefficient (Wildman–Crippen LogP) is 0.984. The van der Waals surface area contributed by atoms with Crippen molar-refractivity contribution in [1.82, 2.24) is 10.6 Å². The van der Waals surface area contributed by atoms with Gasteiger partial charge in [-0.25, -0.2) is 0 Å². The van der Waals surface area contributed by atoms with Crippen LogP contribution in [0.3, 0.4) is 0 Å². The standard InChI is InChI=1S/C10H19N3OS/c1-3-4-9-7-13-10(15-9)12-6-5-11-8(2)14/h9H,3-7H2,1-2H3,(H,11,14)(H,12,13). The first-order valence-electron chi connectivity index (χ1n) is 5.41. The molecule has 0 bridgehead atoms. The zero-order chi connectivity index (χ0) is 11.1. The molecule has 1 atom stereocenters. The molecule has 15 heavy (non-hydrogen) atoms. The van der Waals surface area contributed by atoms with Crippen molar-refractivity contribution in [3.8, 4) is 0 Å².